The minimum Gasteiger partial charge on any atom is -0.429 e. The Kier molecular flexibility index (Phi) is 4.61. The van der Waals surface area contributed by atoms with E-state index in [1.807, 2.05) is 13.0 Å². The van der Waals surface area contributed by atoms with Crippen LogP contribution in [0.2, 0.25) is 0 Å². The molecule has 0 fully saturated rings. The third kappa shape index (κ3) is 3.29. The number of hydrogen-bond donors (Lipinski definition) is 0. The van der Waals surface area contributed by atoms with E-state index in [1.165, 1.54) is 6.07 Å². The Labute approximate surface area is 140 Å². The molecule has 25 heavy (non-hydrogen) atoms. The molecular formula is C19H13F5O. The van der Waals surface area contributed by atoms with Crippen LogP contribution in [-0.4, -0.2) is 6.61 Å². The molecule has 0 atom stereocenters. The summed E-state index contributed by atoms with van der Waals surface area (Å²) in [6, 6.07) is 9.80. The Morgan fingerprint density at radius 2 is 1.60 bits per heavy atom. The van der Waals surface area contributed by atoms with Gasteiger partial charge in [0.05, 0.1) is 0 Å². The summed E-state index contributed by atoms with van der Waals surface area (Å²) in [6.45, 7) is -1.39. The van der Waals surface area contributed by atoms with E-state index in [4.69, 9.17) is 0 Å². The Balaban J connectivity index is 2.12. The highest BCUT2D eigenvalue weighted by Gasteiger charge is 2.19. The minimum atomic E-state index is -3.36. The maximum atomic E-state index is 14.8. The molecule has 0 amide bonds. The molecule has 0 unspecified atom stereocenters. The number of hydrogen-bond acceptors (Lipinski definition) is 1. The maximum Gasteiger partial charge on any atom is 0.387 e. The molecule has 0 bridgehead atoms. The summed E-state index contributed by atoms with van der Waals surface area (Å²) < 4.78 is 70.7. The fourth-order valence-corrected chi connectivity index (χ4v) is 2.70. The first kappa shape index (κ1) is 17.2. The largest absolute Gasteiger partial charge is 0.429 e. The molecule has 1 nitrogen and oxygen atoms in total. The van der Waals surface area contributed by atoms with Crippen LogP contribution in [0.3, 0.4) is 0 Å². The molecule has 0 aromatic heterocycles. The number of rotatable bonds is 4. The molecule has 130 valence electrons. The van der Waals surface area contributed by atoms with Crippen LogP contribution in [0.15, 0.2) is 42.5 Å². The van der Waals surface area contributed by atoms with E-state index in [1.54, 1.807) is 18.2 Å². The van der Waals surface area contributed by atoms with Crippen molar-refractivity contribution in [2.45, 2.75) is 20.0 Å². The highest BCUT2D eigenvalue weighted by atomic mass is 19.3. The van der Waals surface area contributed by atoms with Crippen molar-refractivity contribution >= 4 is 10.8 Å². The van der Waals surface area contributed by atoms with Gasteiger partial charge < -0.3 is 4.74 Å². The Morgan fingerprint density at radius 1 is 0.920 bits per heavy atom. The van der Waals surface area contributed by atoms with Crippen molar-refractivity contribution in [3.63, 3.8) is 0 Å². The van der Waals surface area contributed by atoms with Crippen LogP contribution in [-0.2, 0) is 6.42 Å². The highest BCUT2D eigenvalue weighted by Crippen LogP contribution is 2.34. The van der Waals surface area contributed by atoms with E-state index < -0.39 is 29.8 Å². The lowest BCUT2D eigenvalue weighted by molar-refractivity contribution is -0.0546. The van der Waals surface area contributed by atoms with E-state index in [-0.39, 0.29) is 11.1 Å². The lowest BCUT2D eigenvalue weighted by Gasteiger charge is -2.11. The molecule has 0 saturated carbocycles. The zero-order chi connectivity index (χ0) is 18.1. The van der Waals surface area contributed by atoms with Crippen LogP contribution >= 0.6 is 0 Å². The summed E-state index contributed by atoms with van der Waals surface area (Å²) in [7, 11) is 0. The third-order valence-corrected chi connectivity index (χ3v) is 3.94. The summed E-state index contributed by atoms with van der Waals surface area (Å²) in [5, 5.41) is 0.975. The zero-order valence-electron chi connectivity index (χ0n) is 13.1. The van der Waals surface area contributed by atoms with Crippen molar-refractivity contribution in [1.82, 2.24) is 0 Å². The predicted molar refractivity (Wildman–Crippen MR) is 85.3 cm³/mol. The van der Waals surface area contributed by atoms with Crippen LogP contribution in [0, 0.1) is 17.5 Å². The Hall–Kier alpha value is -2.63. The summed E-state index contributed by atoms with van der Waals surface area (Å²) >= 11 is 0. The lowest BCUT2D eigenvalue weighted by atomic mass is 9.98. The number of aryl methyl sites for hydroxylation is 1. The SMILES string of the molecule is CCc1ccc2c(F)c(-c3cc(F)c(OC(F)F)c(F)c3)ccc2c1. The fourth-order valence-electron chi connectivity index (χ4n) is 2.70. The lowest BCUT2D eigenvalue weighted by Crippen LogP contribution is -2.06. The van der Waals surface area contributed by atoms with E-state index in [9.17, 15) is 22.0 Å². The van der Waals surface area contributed by atoms with Crippen LogP contribution in [0.4, 0.5) is 22.0 Å². The molecule has 0 N–H and O–H groups in total. The predicted octanol–water partition coefficient (Wildman–Crippen LogP) is 6.09. The van der Waals surface area contributed by atoms with Gasteiger partial charge in [-0.1, -0.05) is 37.3 Å². The first-order chi connectivity index (χ1) is 11.9. The molecule has 6 heteroatoms. The molecule has 0 aliphatic heterocycles. The number of halogens is 5. The molecule has 0 heterocycles. The van der Waals surface area contributed by atoms with Gasteiger partial charge >= 0.3 is 6.61 Å². The van der Waals surface area contributed by atoms with Crippen LogP contribution in [0.25, 0.3) is 21.9 Å². The Bertz CT molecular complexity index is 913. The number of benzene rings is 3. The summed E-state index contributed by atoms with van der Waals surface area (Å²) in [5.74, 6) is -4.47. The second-order valence-electron chi connectivity index (χ2n) is 5.48. The first-order valence-corrected chi connectivity index (χ1v) is 7.56. The normalized spacial score (nSPS) is 11.3. The van der Waals surface area contributed by atoms with Crippen LogP contribution in [0.1, 0.15) is 12.5 Å². The Morgan fingerprint density at radius 3 is 2.20 bits per heavy atom. The average Bonchev–Trinajstić information content (AvgIpc) is 2.57. The monoisotopic (exact) mass is 352 g/mol. The standard InChI is InChI=1S/C19H13F5O/c1-2-10-3-5-13-11(7-10)4-6-14(17(13)22)12-8-15(20)18(16(21)9-12)25-19(23)24/h3-9,19H,2H2,1H3. The molecule has 3 aromatic carbocycles. The van der Waals surface area contributed by atoms with E-state index in [2.05, 4.69) is 4.74 Å². The number of fused-ring (bicyclic) bond motifs is 1. The second kappa shape index (κ2) is 6.70. The summed E-state index contributed by atoms with van der Waals surface area (Å²) in [6.07, 6.45) is 0.793. The molecular weight excluding hydrogens is 339 g/mol. The van der Waals surface area contributed by atoms with Gasteiger partial charge in [-0.05, 0) is 35.1 Å². The number of alkyl halides is 2. The van der Waals surface area contributed by atoms with Gasteiger partial charge in [-0.15, -0.1) is 0 Å². The average molecular weight is 352 g/mol. The molecule has 0 saturated heterocycles. The van der Waals surface area contributed by atoms with Gasteiger partial charge in [-0.2, -0.15) is 8.78 Å². The number of ether oxygens (including phenoxy) is 1. The molecule has 0 radical (unpaired) electrons. The molecule has 0 aliphatic rings. The van der Waals surface area contributed by atoms with Gasteiger partial charge in [0.15, 0.2) is 17.4 Å². The van der Waals surface area contributed by atoms with Crippen LogP contribution < -0.4 is 4.74 Å². The third-order valence-electron chi connectivity index (χ3n) is 3.94. The smallest absolute Gasteiger partial charge is 0.387 e. The van der Waals surface area contributed by atoms with Gasteiger partial charge in [0.2, 0.25) is 0 Å². The van der Waals surface area contributed by atoms with Gasteiger partial charge in [0, 0.05) is 10.9 Å². The van der Waals surface area contributed by atoms with Gasteiger partial charge in [0.25, 0.3) is 0 Å². The van der Waals surface area contributed by atoms with Crippen molar-refractivity contribution in [3.8, 4) is 16.9 Å². The van der Waals surface area contributed by atoms with E-state index in [0.717, 1.165) is 24.1 Å². The maximum absolute atomic E-state index is 14.8. The van der Waals surface area contributed by atoms with E-state index >= 15 is 0 Å². The van der Waals surface area contributed by atoms with Gasteiger partial charge in [-0.3, -0.25) is 0 Å². The van der Waals surface area contributed by atoms with Crippen molar-refractivity contribution in [2.75, 3.05) is 0 Å². The minimum absolute atomic E-state index is 0.0295. The molecule has 3 rings (SSSR count). The summed E-state index contributed by atoms with van der Waals surface area (Å²) in [4.78, 5) is 0. The molecule has 0 aliphatic carbocycles. The molecule has 0 spiro atoms. The highest BCUT2D eigenvalue weighted by molar-refractivity contribution is 5.88. The van der Waals surface area contributed by atoms with E-state index in [0.29, 0.717) is 10.8 Å². The quantitative estimate of drug-likeness (QED) is 0.517. The van der Waals surface area contributed by atoms with Crippen molar-refractivity contribution in [3.05, 3.63) is 65.5 Å². The van der Waals surface area contributed by atoms with Crippen molar-refractivity contribution < 1.29 is 26.7 Å². The summed E-state index contributed by atoms with van der Waals surface area (Å²) in [5.41, 5.74) is 0.902. The fraction of sp³-hybridized carbons (Fsp3) is 0.158. The zero-order valence-corrected chi connectivity index (χ0v) is 13.1. The van der Waals surface area contributed by atoms with Crippen molar-refractivity contribution in [2.24, 2.45) is 0 Å². The van der Waals surface area contributed by atoms with Crippen LogP contribution in [0.5, 0.6) is 5.75 Å². The second-order valence-corrected chi connectivity index (χ2v) is 5.48. The topological polar surface area (TPSA) is 9.23 Å². The molecule has 3 aromatic rings. The van der Waals surface area contributed by atoms with Gasteiger partial charge in [-0.25, -0.2) is 13.2 Å². The van der Waals surface area contributed by atoms with Crippen molar-refractivity contribution in [1.29, 1.82) is 0 Å². The van der Waals surface area contributed by atoms with Gasteiger partial charge in [0.1, 0.15) is 5.82 Å². The first-order valence-electron chi connectivity index (χ1n) is 7.56.